The lowest BCUT2D eigenvalue weighted by Crippen LogP contribution is -2.14. The Hall–Kier alpha value is -2.83. The molecule has 0 aliphatic heterocycles. The molecule has 0 saturated heterocycles. The van der Waals surface area contributed by atoms with Crippen LogP contribution in [0.15, 0.2) is 54.9 Å². The Bertz CT molecular complexity index is 933. The van der Waals surface area contributed by atoms with E-state index < -0.39 is 0 Å². The predicted octanol–water partition coefficient (Wildman–Crippen LogP) is 4.79. The Morgan fingerprint density at radius 1 is 0.962 bits per heavy atom. The molecule has 1 heterocycles. The molecule has 0 unspecified atom stereocenters. The molecule has 3 aromatic rings. The monoisotopic (exact) mass is 388 g/mol. The van der Waals surface area contributed by atoms with E-state index in [1.165, 1.54) is 6.33 Å². The standard InChI is InChI=1S/C18H14Cl2N4O2/c1-26-13-5-2-11(3-6-13)24-18(25)16-9-17(22-10-21-16)23-12-4-7-14(19)15(20)8-12/h2-10H,1H3,(H,24,25)(H,21,22,23). The molecule has 0 saturated carbocycles. The van der Waals surface area contributed by atoms with Gasteiger partial charge in [0.25, 0.3) is 5.91 Å². The summed E-state index contributed by atoms with van der Waals surface area (Å²) in [5.41, 5.74) is 1.55. The normalized spacial score (nSPS) is 10.3. The first-order chi connectivity index (χ1) is 12.5. The van der Waals surface area contributed by atoms with Crippen LogP contribution in [0, 0.1) is 0 Å². The van der Waals surface area contributed by atoms with E-state index in [1.54, 1.807) is 55.6 Å². The highest BCUT2D eigenvalue weighted by molar-refractivity contribution is 6.42. The molecule has 2 aromatic carbocycles. The molecule has 0 spiro atoms. The van der Waals surface area contributed by atoms with Crippen molar-refractivity contribution < 1.29 is 9.53 Å². The van der Waals surface area contributed by atoms with Gasteiger partial charge in [0.2, 0.25) is 0 Å². The molecule has 0 aliphatic rings. The number of nitrogens with one attached hydrogen (secondary N) is 2. The van der Waals surface area contributed by atoms with Gasteiger partial charge in [-0.25, -0.2) is 9.97 Å². The Labute approximate surface area is 160 Å². The third kappa shape index (κ3) is 4.41. The maximum atomic E-state index is 12.4. The Morgan fingerprint density at radius 2 is 1.69 bits per heavy atom. The van der Waals surface area contributed by atoms with Crippen LogP contribution in [0.4, 0.5) is 17.2 Å². The lowest BCUT2D eigenvalue weighted by atomic mass is 10.2. The van der Waals surface area contributed by atoms with Crippen LogP contribution in [-0.4, -0.2) is 23.0 Å². The average Bonchev–Trinajstić information content (AvgIpc) is 2.65. The van der Waals surface area contributed by atoms with Gasteiger partial charge in [0, 0.05) is 17.4 Å². The number of ether oxygens (including phenoxy) is 1. The second-order valence-corrected chi connectivity index (χ2v) is 6.04. The van der Waals surface area contributed by atoms with Crippen LogP contribution in [0.3, 0.4) is 0 Å². The van der Waals surface area contributed by atoms with Crippen LogP contribution in [0.2, 0.25) is 10.0 Å². The first-order valence-electron chi connectivity index (χ1n) is 7.54. The minimum atomic E-state index is -0.352. The van der Waals surface area contributed by atoms with E-state index in [1.807, 2.05) is 0 Å². The number of rotatable bonds is 5. The van der Waals surface area contributed by atoms with Crippen LogP contribution in [0.1, 0.15) is 10.5 Å². The summed E-state index contributed by atoms with van der Waals surface area (Å²) in [6.07, 6.45) is 1.31. The van der Waals surface area contributed by atoms with Crippen molar-refractivity contribution in [1.29, 1.82) is 0 Å². The summed E-state index contributed by atoms with van der Waals surface area (Å²) in [5, 5.41) is 6.70. The number of nitrogens with zero attached hydrogens (tertiary/aromatic N) is 2. The van der Waals surface area contributed by atoms with Crippen LogP contribution in [0.5, 0.6) is 5.75 Å². The summed E-state index contributed by atoms with van der Waals surface area (Å²) in [6, 6.07) is 13.6. The molecule has 132 valence electrons. The quantitative estimate of drug-likeness (QED) is 0.656. The Morgan fingerprint density at radius 3 is 2.38 bits per heavy atom. The number of benzene rings is 2. The SMILES string of the molecule is COc1ccc(NC(=O)c2cc(Nc3ccc(Cl)c(Cl)c3)ncn2)cc1. The van der Waals surface area contributed by atoms with Crippen molar-refractivity contribution in [2.24, 2.45) is 0 Å². The van der Waals surface area contributed by atoms with Gasteiger partial charge in [-0.2, -0.15) is 0 Å². The minimum absolute atomic E-state index is 0.221. The zero-order chi connectivity index (χ0) is 18.5. The number of aromatic nitrogens is 2. The number of hydrogen-bond acceptors (Lipinski definition) is 5. The minimum Gasteiger partial charge on any atom is -0.497 e. The summed E-state index contributed by atoms with van der Waals surface area (Å²) >= 11 is 11.9. The molecule has 0 atom stereocenters. The summed E-state index contributed by atoms with van der Waals surface area (Å²) in [7, 11) is 1.58. The van der Waals surface area contributed by atoms with Crippen LogP contribution in [-0.2, 0) is 0 Å². The number of amides is 1. The highest BCUT2D eigenvalue weighted by atomic mass is 35.5. The summed E-state index contributed by atoms with van der Waals surface area (Å²) in [6.45, 7) is 0. The number of anilines is 3. The fourth-order valence-electron chi connectivity index (χ4n) is 2.14. The van der Waals surface area contributed by atoms with Gasteiger partial charge in [-0.3, -0.25) is 4.79 Å². The second-order valence-electron chi connectivity index (χ2n) is 5.23. The summed E-state index contributed by atoms with van der Waals surface area (Å²) in [5.74, 6) is 0.811. The fourth-order valence-corrected chi connectivity index (χ4v) is 2.44. The molecular formula is C18H14Cl2N4O2. The highest BCUT2D eigenvalue weighted by Crippen LogP contribution is 2.26. The van der Waals surface area contributed by atoms with E-state index in [4.69, 9.17) is 27.9 Å². The van der Waals surface area contributed by atoms with Crippen LogP contribution >= 0.6 is 23.2 Å². The first-order valence-corrected chi connectivity index (χ1v) is 8.30. The number of carbonyl (C=O) groups is 1. The van der Waals surface area contributed by atoms with Gasteiger partial charge in [-0.15, -0.1) is 0 Å². The molecule has 2 N–H and O–H groups in total. The Kier molecular flexibility index (Phi) is 5.55. The molecule has 8 heteroatoms. The summed E-state index contributed by atoms with van der Waals surface area (Å²) < 4.78 is 5.09. The number of halogens is 2. The van der Waals surface area contributed by atoms with Gasteiger partial charge in [-0.1, -0.05) is 23.2 Å². The van der Waals surface area contributed by atoms with E-state index in [0.717, 1.165) is 0 Å². The molecule has 0 bridgehead atoms. The van der Waals surface area contributed by atoms with Gasteiger partial charge in [0.15, 0.2) is 0 Å². The third-order valence-corrected chi connectivity index (χ3v) is 4.18. The maximum Gasteiger partial charge on any atom is 0.274 e. The van der Waals surface area contributed by atoms with E-state index in [-0.39, 0.29) is 11.6 Å². The van der Waals surface area contributed by atoms with E-state index in [0.29, 0.717) is 33.0 Å². The Balaban J connectivity index is 1.73. The lowest BCUT2D eigenvalue weighted by Gasteiger charge is -2.09. The van der Waals surface area contributed by atoms with Crippen molar-refractivity contribution in [3.8, 4) is 5.75 Å². The van der Waals surface area contributed by atoms with Gasteiger partial charge >= 0.3 is 0 Å². The van der Waals surface area contributed by atoms with Crippen LogP contribution < -0.4 is 15.4 Å². The number of methoxy groups -OCH3 is 1. The highest BCUT2D eigenvalue weighted by Gasteiger charge is 2.10. The molecule has 1 aromatic heterocycles. The van der Waals surface area contributed by atoms with E-state index in [9.17, 15) is 4.79 Å². The fraction of sp³-hybridized carbons (Fsp3) is 0.0556. The molecule has 0 fully saturated rings. The van der Waals surface area contributed by atoms with Crippen LogP contribution in [0.25, 0.3) is 0 Å². The van der Waals surface area contributed by atoms with E-state index in [2.05, 4.69) is 20.6 Å². The van der Waals surface area contributed by atoms with Gasteiger partial charge in [0.05, 0.1) is 17.2 Å². The topological polar surface area (TPSA) is 76.1 Å². The van der Waals surface area contributed by atoms with Gasteiger partial charge in [-0.05, 0) is 42.5 Å². The number of hydrogen-bond donors (Lipinski definition) is 2. The molecule has 3 rings (SSSR count). The van der Waals surface area contributed by atoms with Crippen molar-refractivity contribution in [1.82, 2.24) is 9.97 Å². The van der Waals surface area contributed by atoms with Crippen molar-refractivity contribution in [3.05, 3.63) is 70.6 Å². The first kappa shape index (κ1) is 18.0. The zero-order valence-corrected chi connectivity index (χ0v) is 15.2. The molecule has 1 amide bonds. The van der Waals surface area contributed by atoms with E-state index >= 15 is 0 Å². The van der Waals surface area contributed by atoms with Crippen molar-refractivity contribution in [2.75, 3.05) is 17.7 Å². The predicted molar refractivity (Wildman–Crippen MR) is 103 cm³/mol. The summed E-state index contributed by atoms with van der Waals surface area (Å²) in [4.78, 5) is 20.5. The average molecular weight is 389 g/mol. The number of carbonyl (C=O) groups excluding carboxylic acids is 1. The molecular weight excluding hydrogens is 375 g/mol. The molecule has 6 nitrogen and oxygen atoms in total. The van der Waals surface area contributed by atoms with Crippen molar-refractivity contribution in [3.63, 3.8) is 0 Å². The molecule has 26 heavy (non-hydrogen) atoms. The third-order valence-electron chi connectivity index (χ3n) is 3.44. The molecule has 0 aliphatic carbocycles. The zero-order valence-electron chi connectivity index (χ0n) is 13.7. The lowest BCUT2D eigenvalue weighted by molar-refractivity contribution is 0.102. The van der Waals surface area contributed by atoms with Gasteiger partial charge in [0.1, 0.15) is 23.6 Å². The molecule has 0 radical (unpaired) electrons. The second kappa shape index (κ2) is 8.03. The maximum absolute atomic E-state index is 12.4. The largest absolute Gasteiger partial charge is 0.497 e. The van der Waals surface area contributed by atoms with Gasteiger partial charge < -0.3 is 15.4 Å². The smallest absolute Gasteiger partial charge is 0.274 e. The van der Waals surface area contributed by atoms with Crippen molar-refractivity contribution >= 4 is 46.3 Å². The van der Waals surface area contributed by atoms with Crippen molar-refractivity contribution in [2.45, 2.75) is 0 Å².